The van der Waals surface area contributed by atoms with Crippen molar-refractivity contribution in [1.29, 1.82) is 0 Å². The molecule has 2 heterocycles. The molecule has 7 heteroatoms. The maximum atomic E-state index is 13.2. The van der Waals surface area contributed by atoms with Crippen LogP contribution >= 0.6 is 0 Å². The predicted octanol–water partition coefficient (Wildman–Crippen LogP) is 4.64. The number of aryl methyl sites for hydroxylation is 2. The van der Waals surface area contributed by atoms with E-state index < -0.39 is 0 Å². The molecule has 0 atom stereocenters. The van der Waals surface area contributed by atoms with E-state index in [2.05, 4.69) is 26.7 Å². The lowest BCUT2D eigenvalue weighted by Crippen LogP contribution is -2.31. The van der Waals surface area contributed by atoms with E-state index in [1.807, 2.05) is 69.4 Å². The third-order valence-electron chi connectivity index (χ3n) is 6.60. The van der Waals surface area contributed by atoms with Gasteiger partial charge in [0.05, 0.1) is 5.52 Å². The van der Waals surface area contributed by atoms with E-state index in [0.29, 0.717) is 12.1 Å². The normalized spacial score (nSPS) is 13.5. The Bertz CT molecular complexity index is 1450. The van der Waals surface area contributed by atoms with Crippen LogP contribution < -0.4 is 10.6 Å². The van der Waals surface area contributed by atoms with E-state index in [1.165, 1.54) is 0 Å². The molecule has 0 saturated heterocycles. The van der Waals surface area contributed by atoms with Crippen LogP contribution in [0.15, 0.2) is 42.6 Å². The number of carbonyl (C=O) groups excluding carboxylic acids is 2. The fraction of sp³-hybridized carbons (Fsp3) is 0.321. The third-order valence-corrected chi connectivity index (χ3v) is 6.60. The zero-order valence-electron chi connectivity index (χ0n) is 20.7. The molecule has 0 unspecified atom stereocenters. The van der Waals surface area contributed by atoms with Gasteiger partial charge in [-0.25, -0.2) is 4.98 Å². The summed E-state index contributed by atoms with van der Waals surface area (Å²) in [7, 11) is 3.96. The van der Waals surface area contributed by atoms with Crippen molar-refractivity contribution in [3.63, 3.8) is 0 Å². The number of anilines is 1. The van der Waals surface area contributed by atoms with E-state index in [4.69, 9.17) is 0 Å². The molecule has 2 aromatic carbocycles. The Hall–Kier alpha value is -3.71. The first-order valence-electron chi connectivity index (χ1n) is 12.1. The summed E-state index contributed by atoms with van der Waals surface area (Å²) in [6, 6.07) is 12.0. The number of H-pyrrole nitrogens is 1. The van der Waals surface area contributed by atoms with Gasteiger partial charge in [0.25, 0.3) is 5.91 Å². The second-order valence-electron chi connectivity index (χ2n) is 9.78. The fourth-order valence-electron chi connectivity index (χ4n) is 4.50. The first-order chi connectivity index (χ1) is 16.8. The molecule has 2 amide bonds. The van der Waals surface area contributed by atoms with Crippen molar-refractivity contribution >= 4 is 39.4 Å². The molecule has 3 N–H and O–H groups in total. The van der Waals surface area contributed by atoms with E-state index >= 15 is 0 Å². The standard InChI is InChI=1S/C28H31N5O2/c1-16-12-23-24-22(19-6-5-7-20(13-19)31-27(34)18-8-9-18)14-21(28(35)29-10-11-33(3)4)17(2)25(24)32-26(23)30-15-16/h5-7,12-15,18H,8-11H2,1-4H3,(H,29,35)(H,30,32)(H,31,34). The van der Waals surface area contributed by atoms with Gasteiger partial charge in [-0.15, -0.1) is 0 Å². The SMILES string of the molecule is Cc1cnc2[nH]c3c(C)c(C(=O)NCCN(C)C)cc(-c4cccc(NC(=O)C5CC5)c4)c3c2c1. The van der Waals surface area contributed by atoms with E-state index in [0.717, 1.165) is 69.3 Å². The Morgan fingerprint density at radius 3 is 2.69 bits per heavy atom. The summed E-state index contributed by atoms with van der Waals surface area (Å²) in [6.07, 6.45) is 3.76. The topological polar surface area (TPSA) is 90.1 Å². The van der Waals surface area contributed by atoms with E-state index in [9.17, 15) is 9.59 Å². The largest absolute Gasteiger partial charge is 0.351 e. The monoisotopic (exact) mass is 469 g/mol. The van der Waals surface area contributed by atoms with E-state index in [-0.39, 0.29) is 17.7 Å². The summed E-state index contributed by atoms with van der Waals surface area (Å²) in [6.45, 7) is 5.33. The molecule has 1 fully saturated rings. The number of nitrogens with one attached hydrogen (secondary N) is 3. The van der Waals surface area contributed by atoms with Crippen LogP contribution in [0.25, 0.3) is 33.1 Å². The van der Waals surface area contributed by atoms with Crippen LogP contribution in [-0.4, -0.2) is 53.9 Å². The van der Waals surface area contributed by atoms with Crippen LogP contribution in [0.1, 0.15) is 34.3 Å². The third kappa shape index (κ3) is 4.64. The number of aromatic amines is 1. The van der Waals surface area contributed by atoms with Crippen LogP contribution in [0.2, 0.25) is 0 Å². The summed E-state index contributed by atoms with van der Waals surface area (Å²) in [5.41, 5.74) is 6.91. The number of nitrogens with zero attached hydrogens (tertiary/aromatic N) is 2. The molecule has 7 nitrogen and oxygen atoms in total. The maximum Gasteiger partial charge on any atom is 0.251 e. The average Bonchev–Trinajstić information content (AvgIpc) is 3.61. The van der Waals surface area contributed by atoms with Gasteiger partial charge in [0.15, 0.2) is 0 Å². The molecule has 1 aliphatic carbocycles. The number of amides is 2. The molecule has 0 radical (unpaired) electrons. The molecule has 35 heavy (non-hydrogen) atoms. The van der Waals surface area contributed by atoms with Gasteiger partial charge >= 0.3 is 0 Å². The minimum absolute atomic E-state index is 0.0732. The molecule has 0 bridgehead atoms. The Morgan fingerprint density at radius 2 is 1.94 bits per heavy atom. The molecule has 4 aromatic rings. The first kappa shape index (κ1) is 23.1. The Morgan fingerprint density at radius 1 is 1.14 bits per heavy atom. The number of fused-ring (bicyclic) bond motifs is 3. The van der Waals surface area contributed by atoms with Gasteiger partial charge in [0.2, 0.25) is 5.91 Å². The Kier molecular flexibility index (Phi) is 6.03. The molecule has 2 aromatic heterocycles. The second-order valence-corrected chi connectivity index (χ2v) is 9.78. The quantitative estimate of drug-likeness (QED) is 0.368. The lowest BCUT2D eigenvalue weighted by atomic mass is 9.93. The minimum Gasteiger partial charge on any atom is -0.351 e. The lowest BCUT2D eigenvalue weighted by Gasteiger charge is -2.15. The van der Waals surface area contributed by atoms with Crippen molar-refractivity contribution in [2.75, 3.05) is 32.5 Å². The smallest absolute Gasteiger partial charge is 0.251 e. The number of benzene rings is 2. The maximum absolute atomic E-state index is 13.2. The minimum atomic E-state index is -0.103. The highest BCUT2D eigenvalue weighted by Crippen LogP contribution is 2.38. The molecular formula is C28H31N5O2. The molecule has 5 rings (SSSR count). The van der Waals surface area contributed by atoms with Gasteiger partial charge in [-0.2, -0.15) is 0 Å². The number of carbonyl (C=O) groups is 2. The van der Waals surface area contributed by atoms with Crippen LogP contribution in [0.5, 0.6) is 0 Å². The van der Waals surface area contributed by atoms with Gasteiger partial charge in [-0.3, -0.25) is 9.59 Å². The summed E-state index contributed by atoms with van der Waals surface area (Å²) in [4.78, 5) is 35.7. The van der Waals surface area contributed by atoms with Gasteiger partial charge in [-0.05, 0) is 87.3 Å². The fourth-order valence-corrected chi connectivity index (χ4v) is 4.50. The van der Waals surface area contributed by atoms with Crippen LogP contribution in [0.3, 0.4) is 0 Å². The Labute approximate surface area is 204 Å². The van der Waals surface area contributed by atoms with Crippen LogP contribution in [0, 0.1) is 19.8 Å². The molecule has 1 saturated carbocycles. The van der Waals surface area contributed by atoms with E-state index in [1.54, 1.807) is 0 Å². The predicted molar refractivity (Wildman–Crippen MR) is 141 cm³/mol. The van der Waals surface area contributed by atoms with Crippen molar-refractivity contribution < 1.29 is 9.59 Å². The van der Waals surface area contributed by atoms with Crippen molar-refractivity contribution in [3.8, 4) is 11.1 Å². The summed E-state index contributed by atoms with van der Waals surface area (Å²) in [5, 5.41) is 8.14. The highest BCUT2D eigenvalue weighted by Gasteiger charge is 2.29. The van der Waals surface area contributed by atoms with Gasteiger partial charge in [-0.1, -0.05) is 12.1 Å². The van der Waals surface area contributed by atoms with Crippen molar-refractivity contribution in [3.05, 3.63) is 59.3 Å². The number of rotatable bonds is 7. The summed E-state index contributed by atoms with van der Waals surface area (Å²) < 4.78 is 0. The lowest BCUT2D eigenvalue weighted by molar-refractivity contribution is -0.117. The number of aromatic nitrogens is 2. The molecule has 0 spiro atoms. The van der Waals surface area contributed by atoms with Crippen LogP contribution in [0.4, 0.5) is 5.69 Å². The van der Waals surface area contributed by atoms with Gasteiger partial charge in [0, 0.05) is 47.2 Å². The first-order valence-corrected chi connectivity index (χ1v) is 12.1. The zero-order valence-corrected chi connectivity index (χ0v) is 20.7. The van der Waals surface area contributed by atoms with Crippen molar-refractivity contribution in [2.45, 2.75) is 26.7 Å². The molecule has 0 aliphatic heterocycles. The average molecular weight is 470 g/mol. The van der Waals surface area contributed by atoms with Crippen molar-refractivity contribution in [2.24, 2.45) is 5.92 Å². The highest BCUT2D eigenvalue weighted by atomic mass is 16.2. The molecule has 180 valence electrons. The summed E-state index contributed by atoms with van der Waals surface area (Å²) >= 11 is 0. The van der Waals surface area contributed by atoms with Crippen LogP contribution in [-0.2, 0) is 4.79 Å². The van der Waals surface area contributed by atoms with Crippen molar-refractivity contribution in [1.82, 2.24) is 20.2 Å². The molecular weight excluding hydrogens is 438 g/mol. The number of pyridine rings is 1. The van der Waals surface area contributed by atoms with Gasteiger partial charge < -0.3 is 20.5 Å². The molecule has 1 aliphatic rings. The summed E-state index contributed by atoms with van der Waals surface area (Å²) in [5.74, 6) is 0.0995. The van der Waals surface area contributed by atoms with Gasteiger partial charge in [0.1, 0.15) is 5.65 Å². The number of hydrogen-bond donors (Lipinski definition) is 3. The highest BCUT2D eigenvalue weighted by molar-refractivity contribution is 6.17. The number of hydrogen-bond acceptors (Lipinski definition) is 4. The second kappa shape index (κ2) is 9.15. The Balaban J connectivity index is 1.65. The number of likely N-dealkylation sites (N-methyl/N-ethyl adjacent to an activating group) is 1. The zero-order chi connectivity index (χ0) is 24.7.